The van der Waals surface area contributed by atoms with Gasteiger partial charge in [-0.15, -0.1) is 0 Å². The Labute approximate surface area is 92.9 Å². The zero-order chi connectivity index (χ0) is 10.9. The van der Waals surface area contributed by atoms with Crippen LogP contribution >= 0.6 is 0 Å². The van der Waals surface area contributed by atoms with Gasteiger partial charge in [-0.25, -0.2) is 0 Å². The Hall–Kier alpha value is -0.160. The third kappa shape index (κ3) is 6.10. The molecule has 1 aliphatic heterocycles. The molecule has 0 radical (unpaired) electrons. The summed E-state index contributed by atoms with van der Waals surface area (Å²) in [6, 6.07) is 0. The largest absolute Gasteiger partial charge is 0.385 e. The van der Waals surface area contributed by atoms with E-state index in [1.807, 2.05) is 0 Å². The van der Waals surface area contributed by atoms with Crippen LogP contribution in [-0.4, -0.2) is 64.6 Å². The van der Waals surface area contributed by atoms with Gasteiger partial charge in [0.15, 0.2) is 0 Å². The summed E-state index contributed by atoms with van der Waals surface area (Å²) in [6.07, 6.45) is 2.68. The Balaban J connectivity index is 1.90. The molecule has 0 aliphatic carbocycles. The molecule has 90 valence electrons. The van der Waals surface area contributed by atoms with E-state index in [4.69, 9.17) is 9.47 Å². The Morgan fingerprint density at radius 3 is 3.07 bits per heavy atom. The van der Waals surface area contributed by atoms with Gasteiger partial charge in [0, 0.05) is 33.4 Å². The maximum Gasteiger partial charge on any atom is 0.0826 e. The van der Waals surface area contributed by atoms with Crippen LogP contribution in [0.1, 0.15) is 12.8 Å². The number of methoxy groups -OCH3 is 1. The summed E-state index contributed by atoms with van der Waals surface area (Å²) in [5, 5.41) is 3.43. The summed E-state index contributed by atoms with van der Waals surface area (Å²) in [4.78, 5) is 2.32. The fourth-order valence-corrected chi connectivity index (χ4v) is 1.75. The lowest BCUT2D eigenvalue weighted by molar-refractivity contribution is -0.0180. The van der Waals surface area contributed by atoms with Crippen molar-refractivity contribution in [1.82, 2.24) is 10.2 Å². The van der Waals surface area contributed by atoms with Crippen molar-refractivity contribution >= 4 is 0 Å². The second kappa shape index (κ2) is 8.05. The number of hydrogen-bond acceptors (Lipinski definition) is 4. The first-order valence-corrected chi connectivity index (χ1v) is 5.82. The van der Waals surface area contributed by atoms with Crippen molar-refractivity contribution in [3.05, 3.63) is 0 Å². The first-order valence-electron chi connectivity index (χ1n) is 5.82. The lowest BCUT2D eigenvalue weighted by atomic mass is 10.2. The summed E-state index contributed by atoms with van der Waals surface area (Å²) >= 11 is 0. The van der Waals surface area contributed by atoms with Gasteiger partial charge in [-0.2, -0.15) is 0 Å². The number of nitrogens with one attached hydrogen (secondary N) is 1. The molecule has 1 saturated heterocycles. The summed E-state index contributed by atoms with van der Waals surface area (Å²) < 4.78 is 10.6. The summed E-state index contributed by atoms with van der Waals surface area (Å²) in [6.45, 7) is 5.87. The second-order valence-electron chi connectivity index (χ2n) is 4.16. The molecule has 15 heavy (non-hydrogen) atoms. The van der Waals surface area contributed by atoms with E-state index >= 15 is 0 Å². The molecule has 0 saturated carbocycles. The number of unbranched alkanes of at least 4 members (excludes halogenated alkanes) is 1. The van der Waals surface area contributed by atoms with E-state index in [1.165, 1.54) is 6.42 Å². The summed E-state index contributed by atoms with van der Waals surface area (Å²) in [7, 11) is 3.90. The highest BCUT2D eigenvalue weighted by Crippen LogP contribution is 2.01. The predicted octanol–water partition coefficient (Wildman–Crippen LogP) is 0.333. The van der Waals surface area contributed by atoms with Crippen LogP contribution in [-0.2, 0) is 9.47 Å². The number of ether oxygens (including phenoxy) is 2. The van der Waals surface area contributed by atoms with Crippen molar-refractivity contribution in [2.24, 2.45) is 0 Å². The average Bonchev–Trinajstić information content (AvgIpc) is 2.23. The van der Waals surface area contributed by atoms with Crippen LogP contribution in [0, 0.1) is 0 Å². The first kappa shape index (κ1) is 12.9. The van der Waals surface area contributed by atoms with Crippen LogP contribution in [0.5, 0.6) is 0 Å². The Bertz CT molecular complexity index is 156. The standard InChI is InChI=1S/C11H24N2O2/c1-13-6-8-15-11(10-13)9-12-5-3-4-7-14-2/h11-12H,3-10H2,1-2H3. The van der Waals surface area contributed by atoms with Crippen molar-refractivity contribution in [2.75, 3.05) is 53.6 Å². The molecular weight excluding hydrogens is 192 g/mol. The van der Waals surface area contributed by atoms with Crippen LogP contribution < -0.4 is 5.32 Å². The van der Waals surface area contributed by atoms with Gasteiger partial charge in [0.2, 0.25) is 0 Å². The zero-order valence-electron chi connectivity index (χ0n) is 10.00. The molecule has 1 aliphatic rings. The fourth-order valence-electron chi connectivity index (χ4n) is 1.75. The van der Waals surface area contributed by atoms with E-state index in [0.29, 0.717) is 6.10 Å². The van der Waals surface area contributed by atoms with Gasteiger partial charge in [-0.05, 0) is 26.4 Å². The molecule has 0 aromatic carbocycles. The monoisotopic (exact) mass is 216 g/mol. The molecule has 1 N–H and O–H groups in total. The number of morpholine rings is 1. The normalized spacial score (nSPS) is 23.2. The maximum absolute atomic E-state index is 5.65. The van der Waals surface area contributed by atoms with E-state index < -0.39 is 0 Å². The van der Waals surface area contributed by atoms with Crippen molar-refractivity contribution in [3.63, 3.8) is 0 Å². The SMILES string of the molecule is COCCCCNCC1CN(C)CCO1. The fraction of sp³-hybridized carbons (Fsp3) is 1.00. The minimum Gasteiger partial charge on any atom is -0.385 e. The molecule has 0 aromatic rings. The molecule has 1 atom stereocenters. The van der Waals surface area contributed by atoms with E-state index in [0.717, 1.165) is 45.8 Å². The minimum absolute atomic E-state index is 0.367. The topological polar surface area (TPSA) is 33.7 Å². The van der Waals surface area contributed by atoms with Gasteiger partial charge in [-0.1, -0.05) is 0 Å². The van der Waals surface area contributed by atoms with Crippen LogP contribution in [0.25, 0.3) is 0 Å². The van der Waals surface area contributed by atoms with Crippen LogP contribution in [0.2, 0.25) is 0 Å². The molecule has 0 amide bonds. The smallest absolute Gasteiger partial charge is 0.0826 e. The number of rotatable bonds is 7. The van der Waals surface area contributed by atoms with Gasteiger partial charge in [-0.3, -0.25) is 0 Å². The lowest BCUT2D eigenvalue weighted by Gasteiger charge is -2.30. The van der Waals surface area contributed by atoms with Gasteiger partial charge >= 0.3 is 0 Å². The number of nitrogens with zero attached hydrogens (tertiary/aromatic N) is 1. The van der Waals surface area contributed by atoms with Gasteiger partial charge in [0.05, 0.1) is 12.7 Å². The van der Waals surface area contributed by atoms with Crippen LogP contribution in [0.4, 0.5) is 0 Å². The molecule has 4 nitrogen and oxygen atoms in total. The molecule has 1 unspecified atom stereocenters. The molecule has 0 bridgehead atoms. The second-order valence-corrected chi connectivity index (χ2v) is 4.16. The molecule has 0 aromatic heterocycles. The number of hydrogen-bond donors (Lipinski definition) is 1. The van der Waals surface area contributed by atoms with E-state index in [9.17, 15) is 0 Å². The Morgan fingerprint density at radius 2 is 2.33 bits per heavy atom. The van der Waals surface area contributed by atoms with Crippen molar-refractivity contribution in [3.8, 4) is 0 Å². The van der Waals surface area contributed by atoms with Gasteiger partial charge < -0.3 is 19.7 Å². The quantitative estimate of drug-likeness (QED) is 0.622. The van der Waals surface area contributed by atoms with E-state index in [-0.39, 0.29) is 0 Å². The van der Waals surface area contributed by atoms with Crippen LogP contribution in [0.15, 0.2) is 0 Å². The zero-order valence-corrected chi connectivity index (χ0v) is 10.00. The third-order valence-electron chi connectivity index (χ3n) is 2.67. The lowest BCUT2D eigenvalue weighted by Crippen LogP contribution is -2.44. The van der Waals surface area contributed by atoms with Crippen molar-refractivity contribution in [2.45, 2.75) is 18.9 Å². The van der Waals surface area contributed by atoms with Gasteiger partial charge in [0.25, 0.3) is 0 Å². The van der Waals surface area contributed by atoms with Crippen molar-refractivity contribution in [1.29, 1.82) is 0 Å². The molecule has 4 heteroatoms. The predicted molar refractivity (Wildman–Crippen MR) is 61.2 cm³/mol. The maximum atomic E-state index is 5.65. The third-order valence-corrected chi connectivity index (χ3v) is 2.67. The molecule has 1 fully saturated rings. The highest BCUT2D eigenvalue weighted by Gasteiger charge is 2.16. The Morgan fingerprint density at radius 1 is 1.47 bits per heavy atom. The first-order chi connectivity index (χ1) is 7.33. The molecule has 1 rings (SSSR count). The average molecular weight is 216 g/mol. The van der Waals surface area contributed by atoms with Gasteiger partial charge in [0.1, 0.15) is 0 Å². The summed E-state index contributed by atoms with van der Waals surface area (Å²) in [5.74, 6) is 0. The summed E-state index contributed by atoms with van der Waals surface area (Å²) in [5.41, 5.74) is 0. The highest BCUT2D eigenvalue weighted by atomic mass is 16.5. The molecular formula is C11H24N2O2. The molecule has 1 heterocycles. The molecule has 0 spiro atoms. The van der Waals surface area contributed by atoms with Crippen LogP contribution in [0.3, 0.4) is 0 Å². The number of likely N-dealkylation sites (N-methyl/N-ethyl adjacent to an activating group) is 1. The highest BCUT2D eigenvalue weighted by molar-refractivity contribution is 4.70. The van der Waals surface area contributed by atoms with Crippen molar-refractivity contribution < 1.29 is 9.47 Å². The van der Waals surface area contributed by atoms with E-state index in [1.54, 1.807) is 7.11 Å². The Kier molecular flexibility index (Phi) is 6.92. The minimum atomic E-state index is 0.367. The van der Waals surface area contributed by atoms with E-state index in [2.05, 4.69) is 17.3 Å².